The zero-order chi connectivity index (χ0) is 12.6. The summed E-state index contributed by atoms with van der Waals surface area (Å²) in [4.78, 5) is 2.41. The Hall–Kier alpha value is -1.22. The molecule has 1 saturated heterocycles. The molecule has 100 valence electrons. The minimum absolute atomic E-state index is 0.837. The second-order valence-corrected chi connectivity index (χ2v) is 4.75. The van der Waals surface area contributed by atoms with Crippen molar-refractivity contribution in [1.29, 1.82) is 0 Å². The molecule has 18 heavy (non-hydrogen) atoms. The zero-order valence-electron chi connectivity index (χ0n) is 11.3. The summed E-state index contributed by atoms with van der Waals surface area (Å²) >= 11 is 0. The van der Waals surface area contributed by atoms with E-state index in [0.29, 0.717) is 0 Å². The number of nitrogens with zero attached hydrogens (tertiary/aromatic N) is 1. The molecule has 1 aromatic rings. The predicted molar refractivity (Wildman–Crippen MR) is 77.5 cm³/mol. The van der Waals surface area contributed by atoms with E-state index in [1.165, 1.54) is 30.6 Å². The Kier molecular flexibility index (Phi) is 5.34. The summed E-state index contributed by atoms with van der Waals surface area (Å²) in [5, 5.41) is 3.56. The second-order valence-electron chi connectivity index (χ2n) is 4.75. The Labute approximate surface area is 110 Å². The van der Waals surface area contributed by atoms with Gasteiger partial charge in [-0.3, -0.25) is 0 Å². The molecule has 2 rings (SSSR count). The smallest absolute Gasteiger partial charge is 0.0642 e. The van der Waals surface area contributed by atoms with Gasteiger partial charge < -0.3 is 15.0 Å². The SMILES string of the molecule is CCCCCNc1ccccc1N1CCOCC1. The fourth-order valence-corrected chi connectivity index (χ4v) is 2.30. The van der Waals surface area contributed by atoms with Crippen LogP contribution in [0.3, 0.4) is 0 Å². The van der Waals surface area contributed by atoms with Crippen LogP contribution in [0.15, 0.2) is 24.3 Å². The van der Waals surface area contributed by atoms with Gasteiger partial charge in [-0.15, -0.1) is 0 Å². The summed E-state index contributed by atoms with van der Waals surface area (Å²) in [5.74, 6) is 0. The molecule has 1 aliphatic heterocycles. The van der Waals surface area contributed by atoms with Crippen LogP contribution in [0.2, 0.25) is 0 Å². The third-order valence-corrected chi connectivity index (χ3v) is 3.35. The summed E-state index contributed by atoms with van der Waals surface area (Å²) in [5.41, 5.74) is 2.58. The molecule has 0 unspecified atom stereocenters. The molecule has 0 spiro atoms. The molecule has 3 nitrogen and oxygen atoms in total. The maximum Gasteiger partial charge on any atom is 0.0642 e. The van der Waals surface area contributed by atoms with Crippen LogP contribution in [0.4, 0.5) is 11.4 Å². The van der Waals surface area contributed by atoms with Crippen LogP contribution < -0.4 is 10.2 Å². The van der Waals surface area contributed by atoms with E-state index in [-0.39, 0.29) is 0 Å². The van der Waals surface area contributed by atoms with Crippen molar-refractivity contribution in [2.24, 2.45) is 0 Å². The highest BCUT2D eigenvalue weighted by Crippen LogP contribution is 2.26. The van der Waals surface area contributed by atoms with Crippen molar-refractivity contribution in [2.45, 2.75) is 26.2 Å². The highest BCUT2D eigenvalue weighted by molar-refractivity contribution is 5.70. The lowest BCUT2D eigenvalue weighted by molar-refractivity contribution is 0.123. The maximum absolute atomic E-state index is 5.41. The van der Waals surface area contributed by atoms with E-state index < -0.39 is 0 Å². The van der Waals surface area contributed by atoms with Crippen molar-refractivity contribution in [1.82, 2.24) is 0 Å². The highest BCUT2D eigenvalue weighted by atomic mass is 16.5. The Balaban J connectivity index is 1.96. The molecule has 0 aromatic heterocycles. The first-order chi connectivity index (χ1) is 8.92. The van der Waals surface area contributed by atoms with Crippen LogP contribution in [0, 0.1) is 0 Å². The summed E-state index contributed by atoms with van der Waals surface area (Å²) in [6.07, 6.45) is 3.81. The highest BCUT2D eigenvalue weighted by Gasteiger charge is 2.13. The fourth-order valence-electron chi connectivity index (χ4n) is 2.30. The van der Waals surface area contributed by atoms with Gasteiger partial charge in [0.15, 0.2) is 0 Å². The van der Waals surface area contributed by atoms with Crippen LogP contribution in [0.5, 0.6) is 0 Å². The van der Waals surface area contributed by atoms with Crippen molar-refractivity contribution < 1.29 is 4.74 Å². The van der Waals surface area contributed by atoms with Gasteiger partial charge in [0.2, 0.25) is 0 Å². The first-order valence-electron chi connectivity index (χ1n) is 7.07. The number of benzene rings is 1. The fraction of sp³-hybridized carbons (Fsp3) is 0.600. The van der Waals surface area contributed by atoms with E-state index in [1.807, 2.05) is 0 Å². The Morgan fingerprint density at radius 3 is 2.72 bits per heavy atom. The Morgan fingerprint density at radius 2 is 1.94 bits per heavy atom. The number of ether oxygens (including phenoxy) is 1. The van der Waals surface area contributed by atoms with Crippen LogP contribution in [0.25, 0.3) is 0 Å². The van der Waals surface area contributed by atoms with E-state index in [0.717, 1.165) is 32.8 Å². The molecule has 0 atom stereocenters. The number of morpholine rings is 1. The Bertz CT molecular complexity index is 348. The van der Waals surface area contributed by atoms with E-state index in [1.54, 1.807) is 0 Å². The topological polar surface area (TPSA) is 24.5 Å². The molecular weight excluding hydrogens is 224 g/mol. The van der Waals surface area contributed by atoms with Gasteiger partial charge in [0.1, 0.15) is 0 Å². The molecule has 0 saturated carbocycles. The Morgan fingerprint density at radius 1 is 1.17 bits per heavy atom. The molecule has 0 amide bonds. The summed E-state index contributed by atoms with van der Waals surface area (Å²) in [6.45, 7) is 6.96. The minimum Gasteiger partial charge on any atom is -0.383 e. The van der Waals surface area contributed by atoms with Gasteiger partial charge in [-0.1, -0.05) is 31.9 Å². The average molecular weight is 248 g/mol. The van der Waals surface area contributed by atoms with Crippen molar-refractivity contribution in [3.8, 4) is 0 Å². The third kappa shape index (κ3) is 3.64. The number of rotatable bonds is 6. The molecule has 0 radical (unpaired) electrons. The lowest BCUT2D eigenvalue weighted by Gasteiger charge is -2.30. The second kappa shape index (κ2) is 7.27. The monoisotopic (exact) mass is 248 g/mol. The van der Waals surface area contributed by atoms with Gasteiger partial charge in [0.05, 0.1) is 24.6 Å². The summed E-state index contributed by atoms with van der Waals surface area (Å²) in [6, 6.07) is 8.60. The van der Waals surface area contributed by atoms with E-state index in [2.05, 4.69) is 41.4 Å². The summed E-state index contributed by atoms with van der Waals surface area (Å²) in [7, 11) is 0. The van der Waals surface area contributed by atoms with Gasteiger partial charge in [-0.05, 0) is 18.6 Å². The van der Waals surface area contributed by atoms with Crippen LogP contribution >= 0.6 is 0 Å². The number of para-hydroxylation sites is 2. The van der Waals surface area contributed by atoms with Gasteiger partial charge in [-0.25, -0.2) is 0 Å². The molecular formula is C15H24N2O. The largest absolute Gasteiger partial charge is 0.383 e. The van der Waals surface area contributed by atoms with Crippen LogP contribution in [-0.2, 0) is 4.74 Å². The van der Waals surface area contributed by atoms with Crippen LogP contribution in [-0.4, -0.2) is 32.8 Å². The number of unbranched alkanes of at least 4 members (excludes halogenated alkanes) is 2. The van der Waals surface area contributed by atoms with Crippen molar-refractivity contribution in [2.75, 3.05) is 43.1 Å². The van der Waals surface area contributed by atoms with Gasteiger partial charge in [0, 0.05) is 19.6 Å². The molecule has 0 bridgehead atoms. The quantitative estimate of drug-likeness (QED) is 0.783. The van der Waals surface area contributed by atoms with Crippen molar-refractivity contribution in [3.63, 3.8) is 0 Å². The van der Waals surface area contributed by atoms with Gasteiger partial charge in [-0.2, -0.15) is 0 Å². The van der Waals surface area contributed by atoms with Gasteiger partial charge in [0.25, 0.3) is 0 Å². The maximum atomic E-state index is 5.41. The third-order valence-electron chi connectivity index (χ3n) is 3.35. The molecule has 0 aliphatic carbocycles. The number of nitrogens with one attached hydrogen (secondary N) is 1. The lowest BCUT2D eigenvalue weighted by atomic mass is 10.2. The molecule has 1 fully saturated rings. The molecule has 1 heterocycles. The lowest BCUT2D eigenvalue weighted by Crippen LogP contribution is -2.36. The average Bonchev–Trinajstić information content (AvgIpc) is 2.45. The van der Waals surface area contributed by atoms with E-state index in [9.17, 15) is 0 Å². The first kappa shape index (κ1) is 13.2. The van der Waals surface area contributed by atoms with Gasteiger partial charge >= 0.3 is 0 Å². The van der Waals surface area contributed by atoms with E-state index in [4.69, 9.17) is 4.74 Å². The standard InChI is InChI=1S/C15H24N2O/c1-2-3-6-9-16-14-7-4-5-8-15(14)17-10-12-18-13-11-17/h4-5,7-8,16H,2-3,6,9-13H2,1H3. The van der Waals surface area contributed by atoms with Crippen molar-refractivity contribution in [3.05, 3.63) is 24.3 Å². The predicted octanol–water partition coefficient (Wildman–Crippen LogP) is 3.13. The molecule has 3 heteroatoms. The normalized spacial score (nSPS) is 15.7. The zero-order valence-corrected chi connectivity index (χ0v) is 11.3. The number of hydrogen-bond donors (Lipinski definition) is 1. The first-order valence-corrected chi connectivity index (χ1v) is 7.07. The van der Waals surface area contributed by atoms with Crippen molar-refractivity contribution >= 4 is 11.4 Å². The minimum atomic E-state index is 0.837. The van der Waals surface area contributed by atoms with E-state index >= 15 is 0 Å². The summed E-state index contributed by atoms with van der Waals surface area (Å²) < 4.78 is 5.41. The number of hydrogen-bond acceptors (Lipinski definition) is 3. The molecule has 1 aliphatic rings. The number of anilines is 2. The molecule has 1 N–H and O–H groups in total. The van der Waals surface area contributed by atoms with Crippen LogP contribution in [0.1, 0.15) is 26.2 Å². The molecule has 1 aromatic carbocycles.